The summed E-state index contributed by atoms with van der Waals surface area (Å²) in [6.07, 6.45) is -0.0944. The minimum absolute atomic E-state index is 0.0102. The Morgan fingerprint density at radius 1 is 1.28 bits per heavy atom. The Hall–Kier alpha value is -2.17. The van der Waals surface area contributed by atoms with Crippen LogP contribution in [-0.2, 0) is 19.6 Å². The van der Waals surface area contributed by atoms with Crippen LogP contribution in [0.5, 0.6) is 5.75 Å². The lowest BCUT2D eigenvalue weighted by Gasteiger charge is -2.11. The zero-order chi connectivity index (χ0) is 19.0. The summed E-state index contributed by atoms with van der Waals surface area (Å²) in [7, 11) is -2.29. The first-order valence-electron chi connectivity index (χ1n) is 7.44. The van der Waals surface area contributed by atoms with Crippen molar-refractivity contribution in [2.45, 2.75) is 20.0 Å². The number of sulfonamides is 1. The molecule has 0 spiro atoms. The maximum absolute atomic E-state index is 11.9. The number of benzene rings is 1. The summed E-state index contributed by atoms with van der Waals surface area (Å²) in [6.45, 7) is 3.05. The highest BCUT2D eigenvalue weighted by molar-refractivity contribution is 7.89. The molecular formula is C15H22N2O7S. The smallest absolute Gasteiger partial charge is 0.337 e. The van der Waals surface area contributed by atoms with E-state index in [1.165, 1.54) is 25.3 Å². The second-order valence-corrected chi connectivity index (χ2v) is 7.25. The van der Waals surface area contributed by atoms with Crippen molar-refractivity contribution >= 4 is 27.6 Å². The normalized spacial score (nSPS) is 11.4. The van der Waals surface area contributed by atoms with Crippen molar-refractivity contribution in [1.29, 1.82) is 0 Å². The monoisotopic (exact) mass is 374 g/mol. The van der Waals surface area contributed by atoms with Crippen LogP contribution in [0.3, 0.4) is 0 Å². The lowest BCUT2D eigenvalue weighted by Crippen LogP contribution is -2.35. The van der Waals surface area contributed by atoms with E-state index < -0.39 is 28.4 Å². The predicted molar refractivity (Wildman–Crippen MR) is 91.5 cm³/mol. The van der Waals surface area contributed by atoms with E-state index in [0.717, 1.165) is 0 Å². The highest BCUT2D eigenvalue weighted by atomic mass is 32.2. The van der Waals surface area contributed by atoms with E-state index in [1.807, 2.05) is 0 Å². The van der Waals surface area contributed by atoms with Crippen molar-refractivity contribution in [3.8, 4) is 5.75 Å². The average molecular weight is 374 g/mol. The summed E-state index contributed by atoms with van der Waals surface area (Å²) in [6, 6.07) is 4.10. The SMILES string of the molecule is COc1ccc(NC(=O)CNS(=O)(=O)CCOC(C)C)c(C(=O)O)c1. The van der Waals surface area contributed by atoms with Crippen LogP contribution in [0.1, 0.15) is 24.2 Å². The van der Waals surface area contributed by atoms with Crippen molar-refractivity contribution in [2.75, 3.05) is 31.3 Å². The number of anilines is 1. The molecule has 140 valence electrons. The van der Waals surface area contributed by atoms with Crippen LogP contribution in [0.4, 0.5) is 5.69 Å². The van der Waals surface area contributed by atoms with Gasteiger partial charge in [-0.25, -0.2) is 17.9 Å². The summed E-state index contributed by atoms with van der Waals surface area (Å²) >= 11 is 0. The molecule has 3 N–H and O–H groups in total. The Labute approximate surface area is 146 Å². The van der Waals surface area contributed by atoms with E-state index >= 15 is 0 Å². The number of carboxylic acid groups (broad SMARTS) is 1. The Bertz CT molecular complexity index is 717. The zero-order valence-corrected chi connectivity index (χ0v) is 15.1. The molecule has 9 nitrogen and oxygen atoms in total. The highest BCUT2D eigenvalue weighted by Gasteiger charge is 2.16. The van der Waals surface area contributed by atoms with E-state index in [0.29, 0.717) is 5.75 Å². The van der Waals surface area contributed by atoms with Crippen LogP contribution in [-0.4, -0.2) is 57.5 Å². The Balaban J connectivity index is 2.64. The minimum Gasteiger partial charge on any atom is -0.497 e. The van der Waals surface area contributed by atoms with Gasteiger partial charge in [0.1, 0.15) is 5.75 Å². The fourth-order valence-corrected chi connectivity index (χ4v) is 2.58. The molecule has 0 saturated carbocycles. The van der Waals surface area contributed by atoms with Crippen LogP contribution >= 0.6 is 0 Å². The Morgan fingerprint density at radius 3 is 2.52 bits per heavy atom. The van der Waals surface area contributed by atoms with E-state index in [4.69, 9.17) is 14.6 Å². The summed E-state index contributed by atoms with van der Waals surface area (Å²) in [5, 5.41) is 11.5. The van der Waals surface area contributed by atoms with E-state index in [9.17, 15) is 18.0 Å². The number of carbonyl (C=O) groups is 2. The number of methoxy groups -OCH3 is 1. The molecule has 0 unspecified atom stereocenters. The molecule has 1 aromatic rings. The maximum atomic E-state index is 11.9. The van der Waals surface area contributed by atoms with Gasteiger partial charge in [-0.1, -0.05) is 0 Å². The average Bonchev–Trinajstić information content (AvgIpc) is 2.52. The fraction of sp³-hybridized carbons (Fsp3) is 0.467. The highest BCUT2D eigenvalue weighted by Crippen LogP contribution is 2.22. The topological polar surface area (TPSA) is 131 Å². The first-order chi connectivity index (χ1) is 11.6. The van der Waals surface area contributed by atoms with Crippen molar-refractivity contribution < 1.29 is 32.6 Å². The number of carboxylic acids is 1. The molecule has 0 bridgehead atoms. The lowest BCUT2D eigenvalue weighted by atomic mass is 10.1. The quantitative estimate of drug-likeness (QED) is 0.549. The van der Waals surface area contributed by atoms with Crippen LogP contribution < -0.4 is 14.8 Å². The first kappa shape index (κ1) is 20.9. The number of hydrogen-bond acceptors (Lipinski definition) is 6. The van der Waals surface area contributed by atoms with Crippen LogP contribution in [0.2, 0.25) is 0 Å². The third-order valence-electron chi connectivity index (χ3n) is 2.99. The van der Waals surface area contributed by atoms with E-state index in [-0.39, 0.29) is 29.7 Å². The summed E-state index contributed by atoms with van der Waals surface area (Å²) < 4.78 is 35.7. The van der Waals surface area contributed by atoms with Crippen LogP contribution in [0, 0.1) is 0 Å². The number of nitrogens with one attached hydrogen (secondary N) is 2. The third kappa shape index (κ3) is 7.50. The summed E-state index contributed by atoms with van der Waals surface area (Å²) in [5.41, 5.74) is -0.124. The van der Waals surface area contributed by atoms with Gasteiger partial charge in [-0.15, -0.1) is 0 Å². The van der Waals surface area contributed by atoms with Gasteiger partial charge >= 0.3 is 5.97 Å². The van der Waals surface area contributed by atoms with Gasteiger partial charge < -0.3 is 19.9 Å². The number of ether oxygens (including phenoxy) is 2. The second-order valence-electron chi connectivity index (χ2n) is 5.32. The largest absolute Gasteiger partial charge is 0.497 e. The molecule has 1 aromatic carbocycles. The molecule has 0 aliphatic heterocycles. The number of rotatable bonds is 10. The van der Waals surface area contributed by atoms with Crippen molar-refractivity contribution in [3.05, 3.63) is 23.8 Å². The van der Waals surface area contributed by atoms with Gasteiger partial charge in [-0.2, -0.15) is 0 Å². The van der Waals surface area contributed by atoms with Crippen LogP contribution in [0.15, 0.2) is 18.2 Å². The predicted octanol–water partition coefficient (Wildman–Crippen LogP) is 0.676. The van der Waals surface area contributed by atoms with Crippen molar-refractivity contribution in [1.82, 2.24) is 4.72 Å². The standard InChI is InChI=1S/C15H22N2O7S/c1-10(2)24-6-7-25(21,22)16-9-14(18)17-13-5-4-11(23-3)8-12(13)15(19)20/h4-5,8,10,16H,6-7,9H2,1-3H3,(H,17,18)(H,19,20). The third-order valence-corrected chi connectivity index (χ3v) is 4.28. The summed E-state index contributed by atoms with van der Waals surface area (Å²) in [5.74, 6) is -1.90. The maximum Gasteiger partial charge on any atom is 0.337 e. The van der Waals surface area contributed by atoms with Gasteiger partial charge in [0, 0.05) is 0 Å². The Morgan fingerprint density at radius 2 is 1.96 bits per heavy atom. The molecule has 10 heteroatoms. The number of hydrogen-bond donors (Lipinski definition) is 3. The van der Waals surface area contributed by atoms with Crippen molar-refractivity contribution in [3.63, 3.8) is 0 Å². The van der Waals surface area contributed by atoms with Gasteiger partial charge in [-0.3, -0.25) is 4.79 Å². The van der Waals surface area contributed by atoms with Crippen molar-refractivity contribution in [2.24, 2.45) is 0 Å². The molecule has 0 atom stereocenters. The first-order valence-corrected chi connectivity index (χ1v) is 9.10. The number of carbonyl (C=O) groups excluding carboxylic acids is 1. The van der Waals surface area contributed by atoms with Crippen LogP contribution in [0.25, 0.3) is 0 Å². The zero-order valence-electron chi connectivity index (χ0n) is 14.2. The molecule has 0 aliphatic carbocycles. The van der Waals surface area contributed by atoms with Gasteiger partial charge in [0.15, 0.2) is 0 Å². The lowest BCUT2D eigenvalue weighted by molar-refractivity contribution is -0.115. The van der Waals surface area contributed by atoms with Gasteiger partial charge in [0.25, 0.3) is 0 Å². The molecular weight excluding hydrogens is 352 g/mol. The molecule has 1 amide bonds. The minimum atomic E-state index is -3.67. The molecule has 0 fully saturated rings. The molecule has 0 aromatic heterocycles. The van der Waals surface area contributed by atoms with E-state index in [2.05, 4.69) is 10.0 Å². The molecule has 0 radical (unpaired) electrons. The van der Waals surface area contributed by atoms with Gasteiger partial charge in [0.05, 0.1) is 43.4 Å². The number of amides is 1. The molecule has 0 aliphatic rings. The number of aromatic carboxylic acids is 1. The fourth-order valence-electron chi connectivity index (χ4n) is 1.77. The molecule has 25 heavy (non-hydrogen) atoms. The Kier molecular flexibility index (Phi) is 7.81. The summed E-state index contributed by atoms with van der Waals surface area (Å²) in [4.78, 5) is 23.1. The van der Waals surface area contributed by atoms with Gasteiger partial charge in [-0.05, 0) is 32.0 Å². The van der Waals surface area contributed by atoms with Gasteiger partial charge in [0.2, 0.25) is 15.9 Å². The molecule has 0 heterocycles. The van der Waals surface area contributed by atoms with E-state index in [1.54, 1.807) is 13.8 Å². The second kappa shape index (κ2) is 9.35. The molecule has 1 rings (SSSR count). The molecule has 0 saturated heterocycles.